The van der Waals surface area contributed by atoms with Gasteiger partial charge in [-0.1, -0.05) is 13.0 Å². The number of nitrogens with one attached hydrogen (secondary N) is 1. The highest BCUT2D eigenvalue weighted by Crippen LogP contribution is 2.31. The Kier molecular flexibility index (Phi) is 4.76. The van der Waals surface area contributed by atoms with Crippen LogP contribution in [0.4, 0.5) is 5.82 Å². The molecule has 0 unspecified atom stereocenters. The first kappa shape index (κ1) is 14.1. The number of ether oxygens (including phenoxy) is 2. The molecule has 5 heteroatoms. The molecular weight excluding hydrogens is 254 g/mol. The molecule has 5 nitrogen and oxygen atoms in total. The fourth-order valence-corrected chi connectivity index (χ4v) is 1.79. The molecule has 0 spiro atoms. The standard InChI is InChI=1S/C15H19N3O2/c1-4-11-6-7-12(13(8-11)19-3)20-15-10-16-9-14(18-15)17-5-2/h6-10H,4-5H2,1-3H3,(H,17,18). The summed E-state index contributed by atoms with van der Waals surface area (Å²) in [5, 5.41) is 3.10. The van der Waals surface area contributed by atoms with Crippen LogP contribution >= 0.6 is 0 Å². The van der Waals surface area contributed by atoms with E-state index < -0.39 is 0 Å². The van der Waals surface area contributed by atoms with Gasteiger partial charge in [-0.05, 0) is 31.0 Å². The van der Waals surface area contributed by atoms with Crippen molar-refractivity contribution in [2.75, 3.05) is 19.0 Å². The Balaban J connectivity index is 2.22. The summed E-state index contributed by atoms with van der Waals surface area (Å²) in [5.41, 5.74) is 1.20. The van der Waals surface area contributed by atoms with Gasteiger partial charge in [0.15, 0.2) is 11.5 Å². The molecule has 0 aliphatic heterocycles. The second-order valence-corrected chi connectivity index (χ2v) is 4.21. The summed E-state index contributed by atoms with van der Waals surface area (Å²) in [6.07, 6.45) is 4.19. The summed E-state index contributed by atoms with van der Waals surface area (Å²) in [7, 11) is 1.63. The minimum atomic E-state index is 0.436. The topological polar surface area (TPSA) is 56.3 Å². The number of aryl methyl sites for hydroxylation is 1. The first-order valence-corrected chi connectivity index (χ1v) is 6.67. The number of nitrogens with zero attached hydrogens (tertiary/aromatic N) is 2. The van der Waals surface area contributed by atoms with E-state index in [1.54, 1.807) is 19.5 Å². The van der Waals surface area contributed by atoms with E-state index in [9.17, 15) is 0 Å². The number of anilines is 1. The lowest BCUT2D eigenvalue weighted by atomic mass is 10.1. The molecule has 1 N–H and O–H groups in total. The first-order valence-electron chi connectivity index (χ1n) is 6.67. The molecule has 106 valence electrons. The zero-order chi connectivity index (χ0) is 14.4. The number of hydrogen-bond acceptors (Lipinski definition) is 5. The van der Waals surface area contributed by atoms with Crippen molar-refractivity contribution >= 4 is 5.82 Å². The Morgan fingerprint density at radius 2 is 2.00 bits per heavy atom. The molecule has 2 rings (SSSR count). The maximum atomic E-state index is 5.75. The van der Waals surface area contributed by atoms with Crippen LogP contribution in [0, 0.1) is 0 Å². The second kappa shape index (κ2) is 6.75. The summed E-state index contributed by atoms with van der Waals surface area (Å²) in [6, 6.07) is 5.87. The number of rotatable bonds is 6. The van der Waals surface area contributed by atoms with Crippen LogP contribution in [0.25, 0.3) is 0 Å². The van der Waals surface area contributed by atoms with Crippen LogP contribution in [0.15, 0.2) is 30.6 Å². The molecule has 0 saturated carbocycles. The van der Waals surface area contributed by atoms with Crippen molar-refractivity contribution in [2.24, 2.45) is 0 Å². The summed E-state index contributed by atoms with van der Waals surface area (Å²) >= 11 is 0. The second-order valence-electron chi connectivity index (χ2n) is 4.21. The molecule has 20 heavy (non-hydrogen) atoms. The zero-order valence-corrected chi connectivity index (χ0v) is 12.0. The fraction of sp³-hybridized carbons (Fsp3) is 0.333. The van der Waals surface area contributed by atoms with Crippen molar-refractivity contribution in [1.29, 1.82) is 0 Å². The lowest BCUT2D eigenvalue weighted by Gasteiger charge is -2.11. The Morgan fingerprint density at radius 3 is 2.70 bits per heavy atom. The minimum absolute atomic E-state index is 0.436. The first-order chi connectivity index (χ1) is 9.76. The maximum Gasteiger partial charge on any atom is 0.240 e. The minimum Gasteiger partial charge on any atom is -0.493 e. The lowest BCUT2D eigenvalue weighted by molar-refractivity contribution is 0.373. The zero-order valence-electron chi connectivity index (χ0n) is 12.0. The number of methoxy groups -OCH3 is 1. The fourth-order valence-electron chi connectivity index (χ4n) is 1.79. The summed E-state index contributed by atoms with van der Waals surface area (Å²) in [6.45, 7) is 4.88. The molecule has 0 saturated heterocycles. The van der Waals surface area contributed by atoms with Gasteiger partial charge >= 0.3 is 0 Å². The van der Waals surface area contributed by atoms with E-state index in [1.807, 2.05) is 25.1 Å². The highest BCUT2D eigenvalue weighted by atomic mass is 16.5. The van der Waals surface area contributed by atoms with Gasteiger partial charge in [0.25, 0.3) is 0 Å². The quantitative estimate of drug-likeness (QED) is 0.875. The van der Waals surface area contributed by atoms with E-state index in [2.05, 4.69) is 22.2 Å². The molecule has 1 aromatic heterocycles. The summed E-state index contributed by atoms with van der Waals surface area (Å²) in [4.78, 5) is 8.42. The van der Waals surface area contributed by atoms with Crippen molar-refractivity contribution in [3.63, 3.8) is 0 Å². The molecule has 1 heterocycles. The van der Waals surface area contributed by atoms with E-state index in [0.29, 0.717) is 23.2 Å². The van der Waals surface area contributed by atoms with Gasteiger partial charge in [-0.2, -0.15) is 4.98 Å². The molecule has 2 aromatic rings. The third-order valence-electron chi connectivity index (χ3n) is 2.82. The van der Waals surface area contributed by atoms with Crippen molar-refractivity contribution < 1.29 is 9.47 Å². The summed E-state index contributed by atoms with van der Waals surface area (Å²) < 4.78 is 11.1. The SMILES string of the molecule is CCNc1cncc(Oc2ccc(CC)cc2OC)n1. The van der Waals surface area contributed by atoms with E-state index in [-0.39, 0.29) is 0 Å². The van der Waals surface area contributed by atoms with Crippen LogP contribution in [0.2, 0.25) is 0 Å². The normalized spacial score (nSPS) is 10.2. The lowest BCUT2D eigenvalue weighted by Crippen LogP contribution is -2.01. The van der Waals surface area contributed by atoms with Crippen LogP contribution in [0.1, 0.15) is 19.4 Å². The largest absolute Gasteiger partial charge is 0.493 e. The smallest absolute Gasteiger partial charge is 0.240 e. The van der Waals surface area contributed by atoms with E-state index in [1.165, 1.54) is 5.56 Å². The van der Waals surface area contributed by atoms with Gasteiger partial charge < -0.3 is 14.8 Å². The van der Waals surface area contributed by atoms with Crippen molar-refractivity contribution in [2.45, 2.75) is 20.3 Å². The third-order valence-corrected chi connectivity index (χ3v) is 2.82. The van der Waals surface area contributed by atoms with Gasteiger partial charge in [0, 0.05) is 6.54 Å². The van der Waals surface area contributed by atoms with Gasteiger partial charge in [-0.25, -0.2) is 0 Å². The molecule has 0 bridgehead atoms. The molecule has 0 amide bonds. The molecular formula is C15H19N3O2. The molecule has 1 aromatic carbocycles. The van der Waals surface area contributed by atoms with E-state index in [4.69, 9.17) is 9.47 Å². The Morgan fingerprint density at radius 1 is 1.15 bits per heavy atom. The van der Waals surface area contributed by atoms with Gasteiger partial charge in [0.1, 0.15) is 5.82 Å². The van der Waals surface area contributed by atoms with Crippen LogP contribution in [0.3, 0.4) is 0 Å². The number of aromatic nitrogens is 2. The highest BCUT2D eigenvalue weighted by molar-refractivity contribution is 5.45. The third kappa shape index (κ3) is 3.38. The van der Waals surface area contributed by atoms with Crippen LogP contribution in [0.5, 0.6) is 17.4 Å². The maximum absolute atomic E-state index is 5.75. The van der Waals surface area contributed by atoms with Gasteiger partial charge in [-0.15, -0.1) is 0 Å². The average Bonchev–Trinajstić information content (AvgIpc) is 2.48. The predicted molar refractivity (Wildman–Crippen MR) is 78.6 cm³/mol. The Hall–Kier alpha value is -2.30. The number of hydrogen-bond donors (Lipinski definition) is 1. The number of benzene rings is 1. The van der Waals surface area contributed by atoms with Gasteiger partial charge in [0.05, 0.1) is 19.5 Å². The van der Waals surface area contributed by atoms with Crippen LogP contribution in [-0.4, -0.2) is 23.6 Å². The monoisotopic (exact) mass is 273 g/mol. The van der Waals surface area contributed by atoms with Gasteiger partial charge in [-0.3, -0.25) is 4.98 Å². The Labute approximate surface area is 119 Å². The van der Waals surface area contributed by atoms with Crippen molar-refractivity contribution in [3.05, 3.63) is 36.2 Å². The predicted octanol–water partition coefficient (Wildman–Crippen LogP) is 3.27. The molecule has 0 radical (unpaired) electrons. The average molecular weight is 273 g/mol. The molecule has 0 aliphatic rings. The molecule has 0 atom stereocenters. The van der Waals surface area contributed by atoms with E-state index in [0.717, 1.165) is 13.0 Å². The van der Waals surface area contributed by atoms with E-state index >= 15 is 0 Å². The molecule has 0 fully saturated rings. The highest BCUT2D eigenvalue weighted by Gasteiger charge is 2.08. The molecule has 0 aliphatic carbocycles. The Bertz CT molecular complexity index is 573. The van der Waals surface area contributed by atoms with Crippen molar-refractivity contribution in [3.8, 4) is 17.4 Å². The van der Waals surface area contributed by atoms with Gasteiger partial charge in [0.2, 0.25) is 5.88 Å². The van der Waals surface area contributed by atoms with Crippen molar-refractivity contribution in [1.82, 2.24) is 9.97 Å². The van der Waals surface area contributed by atoms with Crippen LogP contribution < -0.4 is 14.8 Å². The summed E-state index contributed by atoms with van der Waals surface area (Å²) in [5.74, 6) is 2.45. The van der Waals surface area contributed by atoms with Crippen LogP contribution in [-0.2, 0) is 6.42 Å².